The third-order valence-electron chi connectivity index (χ3n) is 2.63. The first-order chi connectivity index (χ1) is 5.18. The molecule has 64 valence electrons. The van der Waals surface area contributed by atoms with Crippen molar-refractivity contribution in [3.8, 4) is 0 Å². The molecule has 0 aromatic heterocycles. The van der Waals surface area contributed by atoms with Gasteiger partial charge in [0.25, 0.3) is 0 Å². The highest BCUT2D eigenvalue weighted by molar-refractivity contribution is 7.80. The highest BCUT2D eigenvalue weighted by Crippen LogP contribution is 2.30. The molecule has 2 heteroatoms. The van der Waals surface area contributed by atoms with Gasteiger partial charge in [-0.05, 0) is 24.7 Å². The van der Waals surface area contributed by atoms with Gasteiger partial charge < -0.3 is 5.73 Å². The van der Waals surface area contributed by atoms with Crippen molar-refractivity contribution < 1.29 is 0 Å². The number of hydrogen-bond acceptors (Lipinski definition) is 1. The van der Waals surface area contributed by atoms with E-state index in [0.717, 1.165) is 18.3 Å². The summed E-state index contributed by atoms with van der Waals surface area (Å²) in [4.78, 5) is 0.699. The van der Waals surface area contributed by atoms with Crippen LogP contribution in [0.4, 0.5) is 0 Å². The molecule has 1 aliphatic carbocycles. The molecule has 0 heterocycles. The van der Waals surface area contributed by atoms with Crippen LogP contribution in [0.2, 0.25) is 0 Å². The molecule has 0 amide bonds. The molecule has 1 fully saturated rings. The van der Waals surface area contributed by atoms with Gasteiger partial charge in [-0.3, -0.25) is 0 Å². The molecule has 0 radical (unpaired) electrons. The summed E-state index contributed by atoms with van der Waals surface area (Å²) in [6.07, 6.45) is 6.37. The Kier molecular flexibility index (Phi) is 3.31. The standard InChI is InChI=1S/C9H17NS/c1-7-2-4-8(5-3-7)6-9(10)11/h7-8H,2-6H2,1H3,(H2,10,11). The SMILES string of the molecule is CC1CCC(CC(N)=S)CC1. The van der Waals surface area contributed by atoms with Gasteiger partial charge in [0.2, 0.25) is 0 Å². The Labute approximate surface area is 74.4 Å². The molecule has 0 aromatic carbocycles. The van der Waals surface area contributed by atoms with E-state index in [1.807, 2.05) is 0 Å². The fraction of sp³-hybridized carbons (Fsp3) is 0.889. The molecule has 1 saturated carbocycles. The van der Waals surface area contributed by atoms with Gasteiger partial charge >= 0.3 is 0 Å². The highest BCUT2D eigenvalue weighted by Gasteiger charge is 2.18. The van der Waals surface area contributed by atoms with E-state index < -0.39 is 0 Å². The minimum absolute atomic E-state index is 0.699. The molecule has 0 bridgehead atoms. The monoisotopic (exact) mass is 171 g/mol. The Morgan fingerprint density at radius 2 is 1.91 bits per heavy atom. The summed E-state index contributed by atoms with van der Waals surface area (Å²) in [6.45, 7) is 2.33. The first kappa shape index (κ1) is 8.98. The topological polar surface area (TPSA) is 26.0 Å². The minimum atomic E-state index is 0.699. The molecule has 1 rings (SSSR count). The number of rotatable bonds is 2. The Hall–Kier alpha value is -0.110. The normalized spacial score (nSPS) is 31.7. The summed E-state index contributed by atoms with van der Waals surface area (Å²) in [6, 6.07) is 0. The van der Waals surface area contributed by atoms with E-state index in [-0.39, 0.29) is 0 Å². The zero-order chi connectivity index (χ0) is 8.27. The molecule has 1 nitrogen and oxygen atoms in total. The van der Waals surface area contributed by atoms with Gasteiger partial charge in [0.1, 0.15) is 0 Å². The first-order valence-electron chi connectivity index (χ1n) is 4.46. The van der Waals surface area contributed by atoms with Crippen LogP contribution < -0.4 is 5.73 Å². The van der Waals surface area contributed by atoms with Crippen molar-refractivity contribution in [1.82, 2.24) is 0 Å². The second-order valence-electron chi connectivity index (χ2n) is 3.80. The van der Waals surface area contributed by atoms with E-state index in [4.69, 9.17) is 18.0 Å². The van der Waals surface area contributed by atoms with Crippen LogP contribution in [0.1, 0.15) is 39.0 Å². The fourth-order valence-electron chi connectivity index (χ4n) is 1.82. The summed E-state index contributed by atoms with van der Waals surface area (Å²) < 4.78 is 0. The molecule has 2 N–H and O–H groups in total. The Morgan fingerprint density at radius 3 is 2.36 bits per heavy atom. The Balaban J connectivity index is 2.22. The quantitative estimate of drug-likeness (QED) is 0.646. The highest BCUT2D eigenvalue weighted by atomic mass is 32.1. The van der Waals surface area contributed by atoms with Gasteiger partial charge in [-0.15, -0.1) is 0 Å². The third kappa shape index (κ3) is 3.19. The Morgan fingerprint density at radius 1 is 1.36 bits per heavy atom. The third-order valence-corrected chi connectivity index (χ3v) is 2.79. The van der Waals surface area contributed by atoms with E-state index in [2.05, 4.69) is 6.92 Å². The maximum absolute atomic E-state index is 5.49. The van der Waals surface area contributed by atoms with Gasteiger partial charge in [0.15, 0.2) is 0 Å². The largest absolute Gasteiger partial charge is 0.393 e. The molecule has 0 unspecified atom stereocenters. The van der Waals surface area contributed by atoms with Gasteiger partial charge in [-0.2, -0.15) is 0 Å². The maximum atomic E-state index is 5.49. The average molecular weight is 171 g/mol. The lowest BCUT2D eigenvalue weighted by Gasteiger charge is -2.25. The van der Waals surface area contributed by atoms with Gasteiger partial charge in [-0.25, -0.2) is 0 Å². The average Bonchev–Trinajstić information content (AvgIpc) is 1.93. The number of hydrogen-bond donors (Lipinski definition) is 1. The van der Waals surface area contributed by atoms with Crippen molar-refractivity contribution in [3.05, 3.63) is 0 Å². The van der Waals surface area contributed by atoms with Crippen LogP contribution in [-0.4, -0.2) is 4.99 Å². The smallest absolute Gasteiger partial charge is 0.0730 e. The molecule has 0 saturated heterocycles. The van der Waals surface area contributed by atoms with Crippen LogP contribution in [0.15, 0.2) is 0 Å². The minimum Gasteiger partial charge on any atom is -0.393 e. The second kappa shape index (κ2) is 4.05. The van der Waals surface area contributed by atoms with E-state index in [0.29, 0.717) is 4.99 Å². The van der Waals surface area contributed by atoms with Crippen LogP contribution >= 0.6 is 12.2 Å². The van der Waals surface area contributed by atoms with E-state index in [1.165, 1.54) is 25.7 Å². The molecule has 0 atom stereocenters. The van der Waals surface area contributed by atoms with Crippen LogP contribution in [0.25, 0.3) is 0 Å². The zero-order valence-electron chi connectivity index (χ0n) is 7.18. The molecule has 1 aliphatic rings. The van der Waals surface area contributed by atoms with Crippen LogP contribution in [0, 0.1) is 11.8 Å². The lowest BCUT2D eigenvalue weighted by atomic mass is 9.81. The summed E-state index contributed by atoms with van der Waals surface area (Å²) in [5, 5.41) is 0. The maximum Gasteiger partial charge on any atom is 0.0730 e. The van der Waals surface area contributed by atoms with Crippen LogP contribution in [0.5, 0.6) is 0 Å². The van der Waals surface area contributed by atoms with Crippen molar-refractivity contribution in [2.75, 3.05) is 0 Å². The van der Waals surface area contributed by atoms with Gasteiger partial charge in [0.05, 0.1) is 4.99 Å². The molecule has 11 heavy (non-hydrogen) atoms. The second-order valence-corrected chi connectivity index (χ2v) is 4.32. The van der Waals surface area contributed by atoms with E-state index in [9.17, 15) is 0 Å². The summed E-state index contributed by atoms with van der Waals surface area (Å²) >= 11 is 4.88. The fourth-order valence-corrected chi connectivity index (χ4v) is 2.05. The summed E-state index contributed by atoms with van der Waals surface area (Å²) in [7, 11) is 0. The summed E-state index contributed by atoms with van der Waals surface area (Å²) in [5.74, 6) is 1.72. The van der Waals surface area contributed by atoms with Crippen molar-refractivity contribution in [1.29, 1.82) is 0 Å². The van der Waals surface area contributed by atoms with Crippen molar-refractivity contribution >= 4 is 17.2 Å². The Bertz CT molecular complexity index is 136. The molecule has 0 spiro atoms. The number of nitrogens with two attached hydrogens (primary N) is 1. The molecular weight excluding hydrogens is 154 g/mol. The first-order valence-corrected chi connectivity index (χ1v) is 4.87. The summed E-state index contributed by atoms with van der Waals surface area (Å²) in [5.41, 5.74) is 5.49. The lowest BCUT2D eigenvalue weighted by Crippen LogP contribution is -2.18. The predicted octanol–water partition coefficient (Wildman–Crippen LogP) is 2.49. The lowest BCUT2D eigenvalue weighted by molar-refractivity contribution is 0.297. The van der Waals surface area contributed by atoms with Crippen LogP contribution in [-0.2, 0) is 0 Å². The van der Waals surface area contributed by atoms with Crippen molar-refractivity contribution in [2.24, 2.45) is 17.6 Å². The number of thiocarbonyl (C=S) groups is 1. The predicted molar refractivity (Wildman–Crippen MR) is 52.5 cm³/mol. The van der Waals surface area contributed by atoms with E-state index in [1.54, 1.807) is 0 Å². The van der Waals surface area contributed by atoms with Crippen molar-refractivity contribution in [3.63, 3.8) is 0 Å². The molecular formula is C9H17NS. The van der Waals surface area contributed by atoms with E-state index >= 15 is 0 Å². The van der Waals surface area contributed by atoms with Crippen molar-refractivity contribution in [2.45, 2.75) is 39.0 Å². The van der Waals surface area contributed by atoms with Gasteiger partial charge in [-0.1, -0.05) is 32.0 Å². The molecule has 0 aliphatic heterocycles. The van der Waals surface area contributed by atoms with Gasteiger partial charge in [0, 0.05) is 6.42 Å². The molecule has 0 aromatic rings. The van der Waals surface area contributed by atoms with Crippen LogP contribution in [0.3, 0.4) is 0 Å². The zero-order valence-corrected chi connectivity index (χ0v) is 7.99.